The minimum atomic E-state index is -0.265. The fourth-order valence-electron chi connectivity index (χ4n) is 6.13. The number of aryl methyl sites for hydroxylation is 3. The SMILES string of the molecule is C/C=C(/C=C(\C=C\c1ccc(C(C)(C)C)cc1)c1cc(C)c(-c2cc(-c3ncc(CC)cn3)ccc2F)cc1C)c1ccc(C(C)(C)C)cc1. The van der Waals surface area contributed by atoms with Gasteiger partial charge >= 0.3 is 0 Å². The summed E-state index contributed by atoms with van der Waals surface area (Å²) in [5, 5.41) is 0. The molecule has 3 heteroatoms. The molecule has 0 radical (unpaired) electrons. The van der Waals surface area contributed by atoms with Crippen LogP contribution in [-0.4, -0.2) is 9.97 Å². The van der Waals surface area contributed by atoms with Crippen LogP contribution in [0.25, 0.3) is 39.7 Å². The average molecular weight is 663 g/mol. The van der Waals surface area contributed by atoms with Gasteiger partial charge < -0.3 is 0 Å². The average Bonchev–Trinajstić information content (AvgIpc) is 3.09. The Labute approximate surface area is 299 Å². The molecule has 0 saturated heterocycles. The predicted molar refractivity (Wildman–Crippen MR) is 213 cm³/mol. The summed E-state index contributed by atoms with van der Waals surface area (Å²) in [6, 6.07) is 27.2. The van der Waals surface area contributed by atoms with E-state index in [0.29, 0.717) is 11.4 Å². The molecule has 256 valence electrons. The third-order valence-corrected chi connectivity index (χ3v) is 9.45. The number of hydrogen-bond acceptors (Lipinski definition) is 2. The van der Waals surface area contributed by atoms with Gasteiger partial charge in [0.15, 0.2) is 5.82 Å². The van der Waals surface area contributed by atoms with Crippen LogP contribution in [0.15, 0.2) is 109 Å². The molecule has 0 bridgehead atoms. The monoisotopic (exact) mass is 662 g/mol. The molecule has 0 N–H and O–H groups in total. The minimum Gasteiger partial charge on any atom is -0.236 e. The Morgan fingerprint density at radius 1 is 0.700 bits per heavy atom. The highest BCUT2D eigenvalue weighted by atomic mass is 19.1. The maximum atomic E-state index is 15.5. The molecule has 0 atom stereocenters. The summed E-state index contributed by atoms with van der Waals surface area (Å²) in [4.78, 5) is 9.09. The Kier molecular flexibility index (Phi) is 10.9. The number of halogens is 1. The number of aromatic nitrogens is 2. The van der Waals surface area contributed by atoms with E-state index in [9.17, 15) is 0 Å². The molecule has 0 fully saturated rings. The van der Waals surface area contributed by atoms with E-state index in [1.165, 1.54) is 22.8 Å². The smallest absolute Gasteiger partial charge is 0.159 e. The first kappa shape index (κ1) is 36.4. The number of benzene rings is 4. The van der Waals surface area contributed by atoms with Crippen LogP contribution in [0.1, 0.15) is 99.9 Å². The third kappa shape index (κ3) is 8.45. The van der Waals surface area contributed by atoms with Gasteiger partial charge in [-0.1, -0.05) is 127 Å². The van der Waals surface area contributed by atoms with Gasteiger partial charge in [0.05, 0.1) is 0 Å². The topological polar surface area (TPSA) is 25.8 Å². The summed E-state index contributed by atoms with van der Waals surface area (Å²) in [5.74, 6) is 0.327. The second kappa shape index (κ2) is 14.9. The van der Waals surface area contributed by atoms with Gasteiger partial charge in [0.1, 0.15) is 5.82 Å². The van der Waals surface area contributed by atoms with Crippen LogP contribution in [0, 0.1) is 19.7 Å². The van der Waals surface area contributed by atoms with Gasteiger partial charge in [-0.05, 0) is 124 Å². The molecule has 0 aliphatic rings. The Balaban J connectivity index is 1.59. The second-order valence-electron chi connectivity index (χ2n) is 15.3. The lowest BCUT2D eigenvalue weighted by atomic mass is 9.85. The lowest BCUT2D eigenvalue weighted by Gasteiger charge is -2.19. The summed E-state index contributed by atoms with van der Waals surface area (Å²) in [7, 11) is 0. The highest BCUT2D eigenvalue weighted by molar-refractivity contribution is 5.91. The van der Waals surface area contributed by atoms with Crippen molar-refractivity contribution >= 4 is 17.2 Å². The van der Waals surface area contributed by atoms with Crippen molar-refractivity contribution < 1.29 is 4.39 Å². The molecule has 4 aromatic carbocycles. The maximum absolute atomic E-state index is 15.5. The molecule has 50 heavy (non-hydrogen) atoms. The summed E-state index contributed by atoms with van der Waals surface area (Å²) in [6.07, 6.45) is 13.4. The molecule has 1 aromatic heterocycles. The van der Waals surface area contributed by atoms with E-state index >= 15 is 4.39 Å². The molecule has 0 amide bonds. The van der Waals surface area contributed by atoms with Crippen LogP contribution in [0.5, 0.6) is 0 Å². The normalized spacial score (nSPS) is 12.9. The van der Waals surface area contributed by atoms with E-state index in [2.05, 4.69) is 164 Å². The lowest BCUT2D eigenvalue weighted by Crippen LogP contribution is -2.10. The van der Waals surface area contributed by atoms with E-state index in [0.717, 1.165) is 56.5 Å². The van der Waals surface area contributed by atoms with E-state index < -0.39 is 0 Å². The van der Waals surface area contributed by atoms with Crippen molar-refractivity contribution in [2.45, 2.75) is 86.5 Å². The van der Waals surface area contributed by atoms with Crippen molar-refractivity contribution in [3.63, 3.8) is 0 Å². The summed E-state index contributed by atoms with van der Waals surface area (Å²) in [5.41, 5.74) is 13.8. The fourth-order valence-corrected chi connectivity index (χ4v) is 6.13. The van der Waals surface area contributed by atoms with Crippen molar-refractivity contribution in [1.82, 2.24) is 9.97 Å². The molecule has 0 spiro atoms. The van der Waals surface area contributed by atoms with Gasteiger partial charge in [-0.25, -0.2) is 14.4 Å². The van der Waals surface area contributed by atoms with Crippen molar-refractivity contribution in [3.8, 4) is 22.5 Å². The predicted octanol–water partition coefficient (Wildman–Crippen LogP) is 12.9. The van der Waals surface area contributed by atoms with Gasteiger partial charge in [-0.15, -0.1) is 0 Å². The maximum Gasteiger partial charge on any atom is 0.159 e. The molecule has 0 aliphatic heterocycles. The number of hydrogen-bond donors (Lipinski definition) is 0. The molecular formula is C47H51FN2. The largest absolute Gasteiger partial charge is 0.236 e. The van der Waals surface area contributed by atoms with Crippen molar-refractivity contribution in [1.29, 1.82) is 0 Å². The van der Waals surface area contributed by atoms with Crippen LogP contribution >= 0.6 is 0 Å². The van der Waals surface area contributed by atoms with Crippen LogP contribution in [0.2, 0.25) is 0 Å². The Morgan fingerprint density at radius 3 is 1.86 bits per heavy atom. The van der Waals surface area contributed by atoms with E-state index in [1.807, 2.05) is 18.5 Å². The zero-order valence-corrected chi connectivity index (χ0v) is 31.4. The lowest BCUT2D eigenvalue weighted by molar-refractivity contribution is 0.590. The molecule has 0 unspecified atom stereocenters. The highest BCUT2D eigenvalue weighted by Crippen LogP contribution is 2.35. The van der Waals surface area contributed by atoms with Crippen molar-refractivity contribution in [2.24, 2.45) is 0 Å². The molecule has 5 aromatic rings. The summed E-state index contributed by atoms with van der Waals surface area (Å²) in [6.45, 7) is 21.8. The van der Waals surface area contributed by atoms with Gasteiger partial charge in [-0.3, -0.25) is 0 Å². The summed E-state index contributed by atoms with van der Waals surface area (Å²) < 4.78 is 15.5. The summed E-state index contributed by atoms with van der Waals surface area (Å²) >= 11 is 0. The molecule has 0 aliphatic carbocycles. The minimum absolute atomic E-state index is 0.0863. The fraction of sp³-hybridized carbons (Fsp3) is 0.277. The van der Waals surface area contributed by atoms with Gasteiger partial charge in [-0.2, -0.15) is 0 Å². The van der Waals surface area contributed by atoms with Crippen molar-refractivity contribution in [3.05, 3.63) is 160 Å². The molecule has 5 rings (SSSR count). The van der Waals surface area contributed by atoms with Gasteiger partial charge in [0.25, 0.3) is 0 Å². The zero-order chi connectivity index (χ0) is 36.2. The highest BCUT2D eigenvalue weighted by Gasteiger charge is 2.17. The standard InChI is InChI=1S/C47H51FN2/c1-11-33-29-49-45(50-30-33)38-19-24-44(48)43(28-38)42-26-31(3)41(25-32(42)4)37(16-13-34-14-20-39(21-15-34)46(5,6)7)27-35(12-2)36-17-22-40(23-18-36)47(8,9)10/h12-30H,11H2,1-10H3/b16-13+,35-12-,37-27+. The Hall–Kier alpha value is -4.89. The first-order valence-corrected chi connectivity index (χ1v) is 17.7. The Morgan fingerprint density at radius 2 is 1.30 bits per heavy atom. The first-order chi connectivity index (χ1) is 23.7. The van der Waals surface area contributed by atoms with Crippen molar-refractivity contribution in [2.75, 3.05) is 0 Å². The quantitative estimate of drug-likeness (QED) is 0.155. The van der Waals surface area contributed by atoms with E-state index in [1.54, 1.807) is 6.07 Å². The number of nitrogens with zero attached hydrogens (tertiary/aromatic N) is 2. The number of allylic oxidation sites excluding steroid dienone is 5. The number of rotatable bonds is 8. The van der Waals surface area contributed by atoms with Crippen LogP contribution < -0.4 is 0 Å². The second-order valence-corrected chi connectivity index (χ2v) is 15.3. The molecule has 0 saturated carbocycles. The van der Waals surface area contributed by atoms with Crippen LogP contribution in [-0.2, 0) is 17.3 Å². The molecule has 1 heterocycles. The van der Waals surface area contributed by atoms with Gasteiger partial charge in [0.2, 0.25) is 0 Å². The van der Waals surface area contributed by atoms with Crippen LogP contribution in [0.4, 0.5) is 4.39 Å². The third-order valence-electron chi connectivity index (χ3n) is 9.45. The van der Waals surface area contributed by atoms with Gasteiger partial charge in [0, 0.05) is 23.5 Å². The van der Waals surface area contributed by atoms with E-state index in [4.69, 9.17) is 0 Å². The molecular weight excluding hydrogens is 612 g/mol. The van der Waals surface area contributed by atoms with Crippen LogP contribution in [0.3, 0.4) is 0 Å². The first-order valence-electron chi connectivity index (χ1n) is 17.7. The Bertz CT molecular complexity index is 2050. The molecule has 2 nitrogen and oxygen atoms in total. The van der Waals surface area contributed by atoms with E-state index in [-0.39, 0.29) is 16.6 Å². The zero-order valence-electron chi connectivity index (χ0n) is 31.4.